The van der Waals surface area contributed by atoms with Gasteiger partial charge < -0.3 is 19.3 Å². The van der Waals surface area contributed by atoms with Gasteiger partial charge in [0.05, 0.1) is 23.2 Å². The molecule has 3 heterocycles. The summed E-state index contributed by atoms with van der Waals surface area (Å²) >= 11 is 7.81. The van der Waals surface area contributed by atoms with Crippen LogP contribution >= 0.6 is 23.4 Å². The molecular weight excluding hydrogens is 555 g/mol. The van der Waals surface area contributed by atoms with E-state index in [4.69, 9.17) is 21.1 Å². The number of hydrogen-bond donors (Lipinski definition) is 0. The molecule has 0 aliphatic carbocycles. The lowest BCUT2D eigenvalue weighted by Gasteiger charge is -2.45. The molecule has 2 aliphatic heterocycles. The predicted molar refractivity (Wildman–Crippen MR) is 157 cm³/mol. The van der Waals surface area contributed by atoms with E-state index in [0.29, 0.717) is 24.7 Å². The maximum atomic E-state index is 14.0. The average Bonchev–Trinajstić information content (AvgIpc) is 2.92. The molecule has 5 rings (SSSR count). The first-order chi connectivity index (χ1) is 19.2. The van der Waals surface area contributed by atoms with E-state index in [2.05, 4.69) is 16.5 Å². The Balaban J connectivity index is 1.71. The number of aromatic nitrogens is 2. The van der Waals surface area contributed by atoms with Gasteiger partial charge in [-0.3, -0.25) is 9.36 Å². The Morgan fingerprint density at radius 2 is 2.00 bits per heavy atom. The zero-order chi connectivity index (χ0) is 28.7. The summed E-state index contributed by atoms with van der Waals surface area (Å²) in [4.78, 5) is 35.7. The molecule has 0 unspecified atom stereocenters. The van der Waals surface area contributed by atoms with Gasteiger partial charge in [-0.15, -0.1) is 11.8 Å². The zero-order valence-electron chi connectivity index (χ0n) is 22.9. The fraction of sp³-hybridized carbons (Fsp3) is 0.414. The number of halogens is 2. The molecule has 40 heavy (non-hydrogen) atoms. The molecule has 2 aliphatic rings. The number of benzene rings is 2. The minimum absolute atomic E-state index is 0.0403. The minimum atomic E-state index is -0.485. The lowest BCUT2D eigenvalue weighted by atomic mass is 9.97. The smallest absolute Gasteiger partial charge is 0.350 e. The number of amides is 1. The monoisotopic (exact) mass is 586 g/mol. The van der Waals surface area contributed by atoms with Gasteiger partial charge >= 0.3 is 5.69 Å². The lowest BCUT2D eigenvalue weighted by Crippen LogP contribution is -2.58. The van der Waals surface area contributed by atoms with Crippen molar-refractivity contribution in [2.24, 2.45) is 0 Å². The summed E-state index contributed by atoms with van der Waals surface area (Å²) in [7, 11) is 1.55. The molecule has 2 aromatic carbocycles. The number of piperazine rings is 1. The third-order valence-electron chi connectivity index (χ3n) is 7.49. The second-order valence-electron chi connectivity index (χ2n) is 10.3. The third-order valence-corrected chi connectivity index (χ3v) is 9.02. The summed E-state index contributed by atoms with van der Waals surface area (Å²) in [6, 6.07) is 6.28. The van der Waals surface area contributed by atoms with Crippen LogP contribution in [0.5, 0.6) is 0 Å². The molecule has 1 amide bonds. The number of thioether (sulfide) groups is 1. The number of hydrogen-bond acceptors (Lipinski definition) is 7. The molecule has 0 spiro atoms. The van der Waals surface area contributed by atoms with E-state index in [9.17, 15) is 14.0 Å². The molecule has 1 fully saturated rings. The molecule has 212 valence electrons. The topological polar surface area (TPSA) is 76.9 Å². The number of carbonyl (C=O) groups is 1. The molecule has 3 atom stereocenters. The summed E-state index contributed by atoms with van der Waals surface area (Å²) in [6.07, 6.45) is 1.34. The predicted octanol–water partition coefficient (Wildman–Crippen LogP) is 5.04. The molecule has 1 aromatic heterocycles. The number of rotatable bonds is 7. The van der Waals surface area contributed by atoms with Gasteiger partial charge in [-0.25, -0.2) is 9.18 Å². The Morgan fingerprint density at radius 1 is 1.27 bits per heavy atom. The van der Waals surface area contributed by atoms with Crippen LogP contribution in [0.15, 0.2) is 46.6 Å². The van der Waals surface area contributed by atoms with Crippen molar-refractivity contribution < 1.29 is 18.7 Å². The molecule has 0 radical (unpaired) electrons. The lowest BCUT2D eigenvalue weighted by molar-refractivity contribution is -0.130. The first-order valence-electron chi connectivity index (χ1n) is 13.1. The van der Waals surface area contributed by atoms with E-state index < -0.39 is 5.82 Å². The maximum absolute atomic E-state index is 14.0. The van der Waals surface area contributed by atoms with Gasteiger partial charge in [0.2, 0.25) is 5.91 Å². The van der Waals surface area contributed by atoms with Gasteiger partial charge in [0.1, 0.15) is 18.4 Å². The molecule has 1 saturated heterocycles. The number of methoxy groups -OCH3 is 1. The fourth-order valence-electron chi connectivity index (χ4n) is 5.90. The van der Waals surface area contributed by atoms with Crippen LogP contribution < -0.4 is 10.6 Å². The second kappa shape index (κ2) is 11.5. The van der Waals surface area contributed by atoms with Crippen LogP contribution in [0.1, 0.15) is 25.5 Å². The number of anilines is 1. The van der Waals surface area contributed by atoms with Gasteiger partial charge in [0, 0.05) is 53.9 Å². The second-order valence-corrected chi connectivity index (χ2v) is 11.7. The Morgan fingerprint density at radius 3 is 2.65 bits per heavy atom. The first-order valence-corrected chi connectivity index (χ1v) is 14.5. The summed E-state index contributed by atoms with van der Waals surface area (Å²) in [6.45, 7) is 11.1. The molecule has 0 saturated carbocycles. The van der Waals surface area contributed by atoms with Gasteiger partial charge in [0.25, 0.3) is 0 Å². The standard InChI is InChI=1S/C29H32ClFN4O4S/c1-6-24(36)34-17(3)11-33(12-18(34)4)28-21-9-16(2)25(19-7-8-23(31)22(30)10-19)27-26(21)35(29(37)32-28)20(14-40-27)13-39-15-38-5/h6-10,17-18,20H,1,11-15H2,2-5H3/t17-,18+,20-/m0/s1. The minimum Gasteiger partial charge on any atom is -0.359 e. The van der Waals surface area contributed by atoms with Crippen LogP contribution in [-0.2, 0) is 14.3 Å². The van der Waals surface area contributed by atoms with E-state index in [1.807, 2.05) is 31.7 Å². The highest BCUT2D eigenvalue weighted by atomic mass is 35.5. The van der Waals surface area contributed by atoms with Crippen molar-refractivity contribution in [3.8, 4) is 11.1 Å². The van der Waals surface area contributed by atoms with Crippen molar-refractivity contribution in [3.05, 3.63) is 63.8 Å². The van der Waals surface area contributed by atoms with Crippen LogP contribution in [0, 0.1) is 12.7 Å². The highest BCUT2D eigenvalue weighted by Crippen LogP contribution is 2.46. The van der Waals surface area contributed by atoms with Crippen molar-refractivity contribution in [2.75, 3.05) is 44.3 Å². The van der Waals surface area contributed by atoms with Crippen LogP contribution in [0.25, 0.3) is 22.0 Å². The van der Waals surface area contributed by atoms with Crippen LogP contribution in [0.4, 0.5) is 10.2 Å². The number of ether oxygens (including phenoxy) is 2. The van der Waals surface area contributed by atoms with Gasteiger partial charge in [-0.2, -0.15) is 4.98 Å². The highest BCUT2D eigenvalue weighted by molar-refractivity contribution is 7.99. The van der Waals surface area contributed by atoms with Crippen molar-refractivity contribution >= 4 is 46.0 Å². The fourth-order valence-corrected chi connectivity index (χ4v) is 7.45. The highest BCUT2D eigenvalue weighted by Gasteiger charge is 2.35. The third kappa shape index (κ3) is 5.02. The Kier molecular flexibility index (Phi) is 8.24. The summed E-state index contributed by atoms with van der Waals surface area (Å²) in [5.74, 6) is 0.585. The summed E-state index contributed by atoms with van der Waals surface area (Å²) in [5.41, 5.74) is 3.04. The SMILES string of the molecule is C=CC(=O)N1[C@H](C)CN(c2nc(=O)n3c4c(c(-c5ccc(F)c(Cl)c5)c(C)cc24)SC[C@@H]3COCOC)C[C@@H]1C. The zero-order valence-corrected chi connectivity index (χ0v) is 24.5. The van der Waals surface area contributed by atoms with E-state index >= 15 is 0 Å². The average molecular weight is 587 g/mol. The van der Waals surface area contributed by atoms with Crippen molar-refractivity contribution in [2.45, 2.75) is 43.8 Å². The molecule has 8 nitrogen and oxygen atoms in total. The summed E-state index contributed by atoms with van der Waals surface area (Å²) < 4.78 is 26.5. The Labute approximate surface area is 241 Å². The first kappa shape index (κ1) is 28.6. The molecule has 0 bridgehead atoms. The van der Waals surface area contributed by atoms with Gasteiger partial charge in [0.15, 0.2) is 0 Å². The number of nitrogens with zero attached hydrogens (tertiary/aromatic N) is 4. The Bertz CT molecular complexity index is 1530. The van der Waals surface area contributed by atoms with Crippen LogP contribution in [0.3, 0.4) is 0 Å². The molecule has 3 aromatic rings. The summed E-state index contributed by atoms with van der Waals surface area (Å²) in [5, 5.41) is 0.884. The maximum Gasteiger partial charge on any atom is 0.350 e. The van der Waals surface area contributed by atoms with E-state index in [-0.39, 0.29) is 48.1 Å². The largest absolute Gasteiger partial charge is 0.359 e. The van der Waals surface area contributed by atoms with E-state index in [0.717, 1.165) is 32.5 Å². The van der Waals surface area contributed by atoms with Crippen LogP contribution in [-0.4, -0.2) is 71.8 Å². The van der Waals surface area contributed by atoms with Crippen LogP contribution in [0.2, 0.25) is 5.02 Å². The number of carbonyl (C=O) groups excluding carboxylic acids is 1. The van der Waals surface area contributed by atoms with Crippen molar-refractivity contribution in [3.63, 3.8) is 0 Å². The van der Waals surface area contributed by atoms with E-state index in [1.165, 1.54) is 12.1 Å². The Hall–Kier alpha value is -2.92. The van der Waals surface area contributed by atoms with Crippen molar-refractivity contribution in [1.82, 2.24) is 14.5 Å². The van der Waals surface area contributed by atoms with E-state index in [1.54, 1.807) is 35.6 Å². The van der Waals surface area contributed by atoms with Crippen molar-refractivity contribution in [1.29, 1.82) is 0 Å². The normalized spacial score (nSPS) is 20.7. The molecule has 0 N–H and O–H groups in total. The quantitative estimate of drug-likeness (QED) is 0.218. The molecule has 11 heteroatoms. The molecular formula is C29H32ClFN4O4S. The number of aryl methyl sites for hydroxylation is 1. The van der Waals surface area contributed by atoms with Gasteiger partial charge in [-0.05, 0) is 56.2 Å². The van der Waals surface area contributed by atoms with Gasteiger partial charge in [-0.1, -0.05) is 24.2 Å².